The number of amides is 2. The summed E-state index contributed by atoms with van der Waals surface area (Å²) in [7, 11) is 0. The molecule has 0 aliphatic carbocycles. The smallest absolute Gasteiger partial charge is 0.255 e. The summed E-state index contributed by atoms with van der Waals surface area (Å²) in [6.45, 7) is 4.71. The molecular formula is C26H26N2O4. The molecule has 0 aliphatic heterocycles. The summed E-state index contributed by atoms with van der Waals surface area (Å²) >= 11 is 0. The Balaban J connectivity index is 1.64. The number of nitrogens with one attached hydrogen (secondary N) is 2. The minimum absolute atomic E-state index is 0.154. The van der Waals surface area contributed by atoms with Gasteiger partial charge in [0.15, 0.2) is 5.75 Å². The van der Waals surface area contributed by atoms with Crippen molar-refractivity contribution >= 4 is 17.5 Å². The maximum absolute atomic E-state index is 12.7. The molecule has 0 aliphatic rings. The van der Waals surface area contributed by atoms with Crippen molar-refractivity contribution in [2.24, 2.45) is 0 Å². The van der Waals surface area contributed by atoms with Gasteiger partial charge in [-0.3, -0.25) is 9.59 Å². The topological polar surface area (TPSA) is 76.7 Å². The van der Waals surface area contributed by atoms with Crippen LogP contribution >= 0.6 is 0 Å². The molecule has 0 radical (unpaired) electrons. The van der Waals surface area contributed by atoms with E-state index < -0.39 is 0 Å². The van der Waals surface area contributed by atoms with Gasteiger partial charge in [0.2, 0.25) is 5.91 Å². The summed E-state index contributed by atoms with van der Waals surface area (Å²) in [5, 5.41) is 5.68. The Kier molecular flexibility index (Phi) is 8.03. The van der Waals surface area contributed by atoms with E-state index >= 15 is 0 Å². The Bertz CT molecular complexity index is 1070. The van der Waals surface area contributed by atoms with Gasteiger partial charge in [-0.05, 0) is 74.0 Å². The molecule has 0 saturated carbocycles. The van der Waals surface area contributed by atoms with Crippen LogP contribution < -0.4 is 20.1 Å². The lowest BCUT2D eigenvalue weighted by Crippen LogP contribution is -2.20. The van der Waals surface area contributed by atoms with Crippen molar-refractivity contribution in [3.63, 3.8) is 0 Å². The Hall–Kier alpha value is -4.06. The molecule has 3 aromatic rings. The standard InChI is InChI=1S/C26H26N2O4/c1-3-7-25(29)27-18-19-10-12-20(13-11-19)26(30)28-23-8-5-6-9-24(23)32-22-16-14-21(15-17-22)31-4-2/h3,5-17H,4,18H2,1-2H3,(H,27,29)(H,28,30)/b7-3+. The minimum atomic E-state index is -0.253. The monoisotopic (exact) mass is 430 g/mol. The van der Waals surface area contributed by atoms with Gasteiger partial charge in [0.1, 0.15) is 11.5 Å². The molecule has 0 bridgehead atoms. The van der Waals surface area contributed by atoms with Crippen LogP contribution in [0.25, 0.3) is 0 Å². The molecule has 32 heavy (non-hydrogen) atoms. The number of allylic oxidation sites excluding steroid dienone is 1. The van der Waals surface area contributed by atoms with Crippen LogP contribution in [-0.2, 0) is 11.3 Å². The van der Waals surface area contributed by atoms with Gasteiger partial charge in [0.25, 0.3) is 5.91 Å². The van der Waals surface area contributed by atoms with Gasteiger partial charge in [0.05, 0.1) is 12.3 Å². The third kappa shape index (κ3) is 6.47. The maximum atomic E-state index is 12.7. The Morgan fingerprint density at radius 3 is 2.28 bits per heavy atom. The number of carbonyl (C=O) groups is 2. The van der Waals surface area contributed by atoms with E-state index in [2.05, 4.69) is 10.6 Å². The third-order valence-corrected chi connectivity index (χ3v) is 4.50. The zero-order valence-corrected chi connectivity index (χ0v) is 18.1. The van der Waals surface area contributed by atoms with E-state index in [1.165, 1.54) is 6.08 Å². The van der Waals surface area contributed by atoms with Crippen molar-refractivity contribution in [3.05, 3.63) is 96.1 Å². The first-order valence-electron chi connectivity index (χ1n) is 10.4. The normalized spacial score (nSPS) is 10.6. The minimum Gasteiger partial charge on any atom is -0.494 e. The van der Waals surface area contributed by atoms with E-state index in [4.69, 9.17) is 9.47 Å². The molecule has 0 heterocycles. The summed E-state index contributed by atoms with van der Waals surface area (Å²) in [6.07, 6.45) is 3.15. The second-order valence-electron chi connectivity index (χ2n) is 6.87. The number of ether oxygens (including phenoxy) is 2. The molecule has 0 aromatic heterocycles. The molecular weight excluding hydrogens is 404 g/mol. The predicted octanol–water partition coefficient (Wildman–Crippen LogP) is 5.32. The Morgan fingerprint density at radius 2 is 1.59 bits per heavy atom. The van der Waals surface area contributed by atoms with Crippen LogP contribution in [0, 0.1) is 0 Å². The number of rotatable bonds is 9. The first kappa shape index (κ1) is 22.6. The highest BCUT2D eigenvalue weighted by molar-refractivity contribution is 6.05. The van der Waals surface area contributed by atoms with Crippen LogP contribution in [0.3, 0.4) is 0 Å². The lowest BCUT2D eigenvalue weighted by Gasteiger charge is -2.13. The number of anilines is 1. The highest BCUT2D eigenvalue weighted by atomic mass is 16.5. The fourth-order valence-corrected chi connectivity index (χ4v) is 2.92. The fraction of sp³-hybridized carbons (Fsp3) is 0.154. The molecule has 6 heteroatoms. The molecule has 164 valence electrons. The lowest BCUT2D eigenvalue weighted by atomic mass is 10.1. The molecule has 0 atom stereocenters. The maximum Gasteiger partial charge on any atom is 0.255 e. The van der Waals surface area contributed by atoms with Crippen molar-refractivity contribution in [2.45, 2.75) is 20.4 Å². The van der Waals surface area contributed by atoms with Crippen LogP contribution in [-0.4, -0.2) is 18.4 Å². The Morgan fingerprint density at radius 1 is 0.906 bits per heavy atom. The van der Waals surface area contributed by atoms with Gasteiger partial charge in [-0.1, -0.05) is 30.3 Å². The number of carbonyl (C=O) groups excluding carboxylic acids is 2. The summed E-state index contributed by atoms with van der Waals surface area (Å²) in [5.74, 6) is 1.54. The van der Waals surface area contributed by atoms with Gasteiger partial charge in [-0.2, -0.15) is 0 Å². The number of benzene rings is 3. The lowest BCUT2D eigenvalue weighted by molar-refractivity contribution is -0.116. The van der Waals surface area contributed by atoms with Crippen LogP contribution in [0.5, 0.6) is 17.2 Å². The van der Waals surface area contributed by atoms with Gasteiger partial charge in [-0.15, -0.1) is 0 Å². The van der Waals surface area contributed by atoms with E-state index in [0.717, 1.165) is 11.3 Å². The third-order valence-electron chi connectivity index (χ3n) is 4.50. The van der Waals surface area contributed by atoms with E-state index in [1.807, 2.05) is 55.5 Å². The van der Waals surface area contributed by atoms with Crippen molar-refractivity contribution in [2.75, 3.05) is 11.9 Å². The molecule has 0 saturated heterocycles. The molecule has 3 aromatic carbocycles. The van der Waals surface area contributed by atoms with Crippen LogP contribution in [0.15, 0.2) is 84.9 Å². The van der Waals surface area contributed by atoms with Crippen molar-refractivity contribution in [1.29, 1.82) is 0 Å². The zero-order valence-electron chi connectivity index (χ0n) is 18.1. The average molecular weight is 431 g/mol. The number of hydrogen-bond acceptors (Lipinski definition) is 4. The van der Waals surface area contributed by atoms with E-state index in [1.54, 1.807) is 37.3 Å². The van der Waals surface area contributed by atoms with E-state index in [0.29, 0.717) is 35.9 Å². The molecule has 0 unspecified atom stereocenters. The van der Waals surface area contributed by atoms with E-state index in [-0.39, 0.29) is 11.8 Å². The second kappa shape index (κ2) is 11.4. The number of para-hydroxylation sites is 2. The second-order valence-corrected chi connectivity index (χ2v) is 6.87. The van der Waals surface area contributed by atoms with Gasteiger partial charge in [-0.25, -0.2) is 0 Å². The summed E-state index contributed by atoms with van der Waals surface area (Å²) in [4.78, 5) is 24.3. The fourth-order valence-electron chi connectivity index (χ4n) is 2.92. The van der Waals surface area contributed by atoms with Gasteiger partial charge >= 0.3 is 0 Å². The predicted molar refractivity (Wildman–Crippen MR) is 125 cm³/mol. The summed E-state index contributed by atoms with van der Waals surface area (Å²) in [5.41, 5.74) is 1.97. The first-order chi connectivity index (χ1) is 15.6. The zero-order chi connectivity index (χ0) is 22.8. The molecule has 0 spiro atoms. The molecule has 0 fully saturated rings. The van der Waals surface area contributed by atoms with Crippen LogP contribution in [0.2, 0.25) is 0 Å². The highest BCUT2D eigenvalue weighted by Crippen LogP contribution is 2.30. The van der Waals surface area contributed by atoms with E-state index in [9.17, 15) is 9.59 Å². The largest absolute Gasteiger partial charge is 0.494 e. The van der Waals surface area contributed by atoms with Crippen LogP contribution in [0.4, 0.5) is 5.69 Å². The molecule has 2 amide bonds. The van der Waals surface area contributed by atoms with Crippen molar-refractivity contribution in [1.82, 2.24) is 5.32 Å². The van der Waals surface area contributed by atoms with Crippen molar-refractivity contribution < 1.29 is 19.1 Å². The summed E-state index contributed by atoms with van der Waals surface area (Å²) < 4.78 is 11.4. The van der Waals surface area contributed by atoms with Gasteiger partial charge < -0.3 is 20.1 Å². The Labute approximate surface area is 187 Å². The molecule has 6 nitrogen and oxygen atoms in total. The molecule has 3 rings (SSSR count). The SMILES string of the molecule is C/C=C/C(=O)NCc1ccc(C(=O)Nc2ccccc2Oc2ccc(OCC)cc2)cc1. The number of hydrogen-bond donors (Lipinski definition) is 2. The quantitative estimate of drug-likeness (QED) is 0.450. The first-order valence-corrected chi connectivity index (χ1v) is 10.4. The van der Waals surface area contributed by atoms with Crippen LogP contribution in [0.1, 0.15) is 29.8 Å². The van der Waals surface area contributed by atoms with Crippen molar-refractivity contribution in [3.8, 4) is 17.2 Å². The van der Waals surface area contributed by atoms with Gasteiger partial charge in [0, 0.05) is 12.1 Å². The highest BCUT2D eigenvalue weighted by Gasteiger charge is 2.11. The average Bonchev–Trinajstić information content (AvgIpc) is 2.81. The molecule has 2 N–H and O–H groups in total. The summed E-state index contributed by atoms with van der Waals surface area (Å²) in [6, 6.07) is 21.6.